The molecule has 1 atom stereocenters. The zero-order chi connectivity index (χ0) is 14.5. The van der Waals surface area contributed by atoms with Crippen molar-refractivity contribution in [2.45, 2.75) is 13.0 Å². The summed E-state index contributed by atoms with van der Waals surface area (Å²) in [5, 5.41) is 13.5. The lowest BCUT2D eigenvalue weighted by atomic mass is 10.4. The minimum absolute atomic E-state index is 0.108. The number of aryl methyl sites for hydroxylation is 1. The summed E-state index contributed by atoms with van der Waals surface area (Å²) in [6.07, 6.45) is 5.07. The van der Waals surface area contributed by atoms with E-state index in [2.05, 4.69) is 20.8 Å². The molecule has 0 spiro atoms. The van der Waals surface area contributed by atoms with E-state index in [9.17, 15) is 4.79 Å². The van der Waals surface area contributed by atoms with Crippen molar-refractivity contribution >= 4 is 17.5 Å². The van der Waals surface area contributed by atoms with Crippen LogP contribution in [0.4, 0.5) is 16.3 Å². The van der Waals surface area contributed by atoms with E-state index in [1.54, 1.807) is 48.2 Å². The number of urea groups is 1. The van der Waals surface area contributed by atoms with Crippen LogP contribution in [0.3, 0.4) is 0 Å². The Morgan fingerprint density at radius 3 is 2.95 bits per heavy atom. The Balaban J connectivity index is 1.91. The third-order valence-corrected chi connectivity index (χ3v) is 2.67. The second-order valence-corrected chi connectivity index (χ2v) is 4.47. The van der Waals surface area contributed by atoms with Crippen molar-refractivity contribution in [2.24, 2.45) is 7.05 Å². The topological polar surface area (TPSA) is 86.0 Å². The first kappa shape index (κ1) is 14.1. The van der Waals surface area contributed by atoms with Crippen molar-refractivity contribution in [3.63, 3.8) is 0 Å². The van der Waals surface area contributed by atoms with Crippen LogP contribution in [-0.4, -0.2) is 39.3 Å². The molecule has 0 fully saturated rings. The quantitative estimate of drug-likeness (QED) is 0.867. The lowest BCUT2D eigenvalue weighted by molar-refractivity contribution is 0.157. The molecule has 2 amide bonds. The van der Waals surface area contributed by atoms with Crippen LogP contribution in [0.2, 0.25) is 0 Å². The molecule has 0 saturated heterocycles. The molecule has 8 nitrogen and oxygen atoms in total. The maximum Gasteiger partial charge on any atom is 0.324 e. The summed E-state index contributed by atoms with van der Waals surface area (Å²) >= 11 is 0. The van der Waals surface area contributed by atoms with Gasteiger partial charge in [-0.25, -0.2) is 4.79 Å². The first-order chi connectivity index (χ1) is 9.58. The molecule has 2 aromatic heterocycles. The molecular formula is C12H18N6O2. The number of hydrogen-bond acceptors (Lipinski definition) is 4. The second-order valence-electron chi connectivity index (χ2n) is 4.47. The van der Waals surface area contributed by atoms with Crippen molar-refractivity contribution in [2.75, 3.05) is 24.4 Å². The Bertz CT molecular complexity index is 576. The van der Waals surface area contributed by atoms with E-state index < -0.39 is 0 Å². The molecule has 8 heteroatoms. The average molecular weight is 278 g/mol. The minimum atomic E-state index is -0.359. The third kappa shape index (κ3) is 3.58. The van der Waals surface area contributed by atoms with E-state index in [1.165, 1.54) is 0 Å². The van der Waals surface area contributed by atoms with Crippen LogP contribution < -0.4 is 10.6 Å². The van der Waals surface area contributed by atoms with E-state index >= 15 is 0 Å². The number of methoxy groups -OCH3 is 1. The molecule has 0 radical (unpaired) electrons. The Labute approximate surface area is 116 Å². The lowest BCUT2D eigenvalue weighted by Gasteiger charge is -2.10. The van der Waals surface area contributed by atoms with Gasteiger partial charge in [-0.2, -0.15) is 10.2 Å². The predicted octanol–water partition coefficient (Wildman–Crippen LogP) is 1.47. The van der Waals surface area contributed by atoms with Crippen LogP contribution in [0.25, 0.3) is 0 Å². The number of aromatic nitrogens is 4. The normalized spacial score (nSPS) is 12.2. The molecule has 0 aliphatic rings. The molecular weight excluding hydrogens is 260 g/mol. The molecule has 1 unspecified atom stereocenters. The zero-order valence-corrected chi connectivity index (χ0v) is 11.7. The fourth-order valence-corrected chi connectivity index (χ4v) is 1.73. The average Bonchev–Trinajstić information content (AvgIpc) is 2.99. The lowest BCUT2D eigenvalue weighted by Crippen LogP contribution is -2.20. The van der Waals surface area contributed by atoms with E-state index in [0.29, 0.717) is 18.1 Å². The highest BCUT2D eigenvalue weighted by atomic mass is 16.5. The summed E-state index contributed by atoms with van der Waals surface area (Å²) < 4.78 is 8.41. The van der Waals surface area contributed by atoms with Crippen LogP contribution in [0.5, 0.6) is 0 Å². The van der Waals surface area contributed by atoms with Crippen LogP contribution in [0, 0.1) is 0 Å². The minimum Gasteiger partial charge on any atom is -0.382 e. The summed E-state index contributed by atoms with van der Waals surface area (Å²) in [4.78, 5) is 11.8. The molecule has 2 heterocycles. The predicted molar refractivity (Wildman–Crippen MR) is 74.7 cm³/mol. The maximum absolute atomic E-state index is 11.8. The van der Waals surface area contributed by atoms with Gasteiger partial charge in [0.25, 0.3) is 0 Å². The number of hydrogen-bond donors (Lipinski definition) is 2. The SMILES string of the molecule is COCC(C)n1ccc(NC(=O)Nc2cnn(C)c2)n1. The first-order valence-electron chi connectivity index (χ1n) is 6.19. The molecule has 0 aliphatic heterocycles. The van der Waals surface area contributed by atoms with Gasteiger partial charge in [0.05, 0.1) is 24.5 Å². The number of nitrogens with zero attached hydrogens (tertiary/aromatic N) is 4. The van der Waals surface area contributed by atoms with E-state index in [-0.39, 0.29) is 12.1 Å². The van der Waals surface area contributed by atoms with Gasteiger partial charge >= 0.3 is 6.03 Å². The van der Waals surface area contributed by atoms with Crippen molar-refractivity contribution in [3.8, 4) is 0 Å². The van der Waals surface area contributed by atoms with Gasteiger partial charge in [0, 0.05) is 32.6 Å². The highest BCUT2D eigenvalue weighted by Gasteiger charge is 2.09. The molecule has 0 aromatic carbocycles. The van der Waals surface area contributed by atoms with Gasteiger partial charge in [-0.15, -0.1) is 0 Å². The van der Waals surface area contributed by atoms with Crippen molar-refractivity contribution < 1.29 is 9.53 Å². The van der Waals surface area contributed by atoms with Gasteiger partial charge in [-0.1, -0.05) is 0 Å². The molecule has 108 valence electrons. The van der Waals surface area contributed by atoms with E-state index in [0.717, 1.165) is 0 Å². The second kappa shape index (κ2) is 6.20. The van der Waals surface area contributed by atoms with Crippen LogP contribution in [0.15, 0.2) is 24.7 Å². The fourth-order valence-electron chi connectivity index (χ4n) is 1.73. The Kier molecular flexibility index (Phi) is 4.36. The highest BCUT2D eigenvalue weighted by molar-refractivity contribution is 5.98. The Morgan fingerprint density at radius 1 is 1.50 bits per heavy atom. The monoisotopic (exact) mass is 278 g/mol. The summed E-state index contributed by atoms with van der Waals surface area (Å²) in [6.45, 7) is 2.54. The summed E-state index contributed by atoms with van der Waals surface area (Å²) in [5.41, 5.74) is 0.622. The van der Waals surface area contributed by atoms with Gasteiger partial charge in [0.2, 0.25) is 0 Å². The summed E-state index contributed by atoms with van der Waals surface area (Å²) in [6, 6.07) is 1.48. The molecule has 0 saturated carbocycles. The standard InChI is InChI=1S/C12H18N6O2/c1-9(8-20-3)18-5-4-11(16-18)15-12(19)14-10-6-13-17(2)7-10/h4-7,9H,8H2,1-3H3,(H2,14,15,16,19). The van der Waals surface area contributed by atoms with Crippen LogP contribution >= 0.6 is 0 Å². The third-order valence-electron chi connectivity index (χ3n) is 2.67. The number of carbonyl (C=O) groups is 1. The van der Waals surface area contributed by atoms with Gasteiger partial charge in [-0.3, -0.25) is 14.7 Å². The molecule has 0 aliphatic carbocycles. The number of nitrogens with one attached hydrogen (secondary N) is 2. The number of ether oxygens (including phenoxy) is 1. The van der Waals surface area contributed by atoms with Crippen LogP contribution in [0.1, 0.15) is 13.0 Å². The number of anilines is 2. The number of amides is 2. The molecule has 2 aromatic rings. The Hall–Kier alpha value is -2.35. The van der Waals surface area contributed by atoms with Gasteiger partial charge in [0.1, 0.15) is 0 Å². The van der Waals surface area contributed by atoms with Crippen molar-refractivity contribution in [1.29, 1.82) is 0 Å². The molecule has 2 rings (SSSR count). The largest absolute Gasteiger partial charge is 0.382 e. The highest BCUT2D eigenvalue weighted by Crippen LogP contribution is 2.10. The van der Waals surface area contributed by atoms with Gasteiger partial charge in [-0.05, 0) is 6.92 Å². The van der Waals surface area contributed by atoms with E-state index in [4.69, 9.17) is 4.74 Å². The van der Waals surface area contributed by atoms with Gasteiger partial charge in [0.15, 0.2) is 5.82 Å². The molecule has 20 heavy (non-hydrogen) atoms. The van der Waals surface area contributed by atoms with Crippen molar-refractivity contribution in [3.05, 3.63) is 24.7 Å². The number of carbonyl (C=O) groups excluding carboxylic acids is 1. The maximum atomic E-state index is 11.8. The van der Waals surface area contributed by atoms with E-state index in [1.807, 2.05) is 6.92 Å². The van der Waals surface area contributed by atoms with Crippen molar-refractivity contribution in [1.82, 2.24) is 19.6 Å². The zero-order valence-electron chi connectivity index (χ0n) is 11.7. The van der Waals surface area contributed by atoms with Crippen LogP contribution in [-0.2, 0) is 11.8 Å². The first-order valence-corrected chi connectivity index (χ1v) is 6.19. The smallest absolute Gasteiger partial charge is 0.324 e. The summed E-state index contributed by atoms with van der Waals surface area (Å²) in [7, 11) is 3.42. The summed E-state index contributed by atoms with van der Waals surface area (Å²) in [5.74, 6) is 0.481. The van der Waals surface area contributed by atoms with Gasteiger partial charge < -0.3 is 10.1 Å². The Morgan fingerprint density at radius 2 is 2.30 bits per heavy atom. The fraction of sp³-hybridized carbons (Fsp3) is 0.417. The number of rotatable bonds is 5. The molecule has 2 N–H and O–H groups in total. The molecule has 0 bridgehead atoms.